The molecule has 0 aliphatic rings. The zero-order valence-corrected chi connectivity index (χ0v) is 12.2. The third-order valence-corrected chi connectivity index (χ3v) is 2.81. The van der Waals surface area contributed by atoms with E-state index in [9.17, 15) is 0 Å². The summed E-state index contributed by atoms with van der Waals surface area (Å²) < 4.78 is 5.93. The minimum absolute atomic E-state index is 0.193. The second-order valence-electron chi connectivity index (χ2n) is 5.00. The molecule has 1 heterocycles. The highest BCUT2D eigenvalue weighted by Gasteiger charge is 2.18. The first-order chi connectivity index (χ1) is 8.50. The molecule has 0 saturated heterocycles. The number of hydrogen-bond acceptors (Lipinski definition) is 4. The molecule has 0 radical (unpaired) electrons. The Morgan fingerprint density at radius 3 is 2.50 bits per heavy atom. The average Bonchev–Trinajstić information content (AvgIpc) is 2.29. The molecule has 1 aromatic heterocycles. The lowest BCUT2D eigenvalue weighted by Gasteiger charge is -2.24. The molecule has 0 spiro atoms. The number of aryl methyl sites for hydroxylation is 1. The average molecular weight is 251 g/mol. The van der Waals surface area contributed by atoms with Gasteiger partial charge < -0.3 is 10.1 Å². The Hall–Kier alpha value is -1.32. The van der Waals surface area contributed by atoms with E-state index in [1.165, 1.54) is 0 Å². The molecule has 1 rings (SSSR count). The fourth-order valence-electron chi connectivity index (χ4n) is 1.49. The van der Waals surface area contributed by atoms with Crippen molar-refractivity contribution in [3.05, 3.63) is 11.9 Å². The fraction of sp³-hybridized carbons (Fsp3) is 0.714. The summed E-state index contributed by atoms with van der Waals surface area (Å²) in [5, 5.41) is 3.22. The molecule has 18 heavy (non-hydrogen) atoms. The van der Waals surface area contributed by atoms with Crippen molar-refractivity contribution in [2.45, 2.75) is 59.5 Å². The maximum absolute atomic E-state index is 5.93. The van der Waals surface area contributed by atoms with E-state index in [-0.39, 0.29) is 5.60 Å². The van der Waals surface area contributed by atoms with Crippen molar-refractivity contribution in [1.82, 2.24) is 9.97 Å². The molecule has 0 atom stereocenters. The van der Waals surface area contributed by atoms with Crippen LogP contribution in [-0.4, -0.2) is 22.1 Å². The van der Waals surface area contributed by atoms with Crippen molar-refractivity contribution in [2.24, 2.45) is 0 Å². The van der Waals surface area contributed by atoms with Crippen LogP contribution in [0, 0.1) is 0 Å². The highest BCUT2D eigenvalue weighted by Crippen LogP contribution is 2.21. The Morgan fingerprint density at radius 1 is 1.22 bits per heavy atom. The van der Waals surface area contributed by atoms with Gasteiger partial charge in [-0.25, -0.2) is 4.98 Å². The molecule has 0 amide bonds. The van der Waals surface area contributed by atoms with Gasteiger partial charge in [-0.15, -0.1) is 0 Å². The zero-order chi connectivity index (χ0) is 13.6. The predicted molar refractivity (Wildman–Crippen MR) is 75.2 cm³/mol. The molecular formula is C14H25N3O. The summed E-state index contributed by atoms with van der Waals surface area (Å²) in [5.41, 5.74) is -0.193. The second kappa shape index (κ2) is 6.57. The number of aromatic nitrogens is 2. The minimum Gasteiger partial charge on any atom is -0.472 e. The molecule has 0 saturated carbocycles. The van der Waals surface area contributed by atoms with Crippen LogP contribution in [-0.2, 0) is 6.42 Å². The topological polar surface area (TPSA) is 47.0 Å². The van der Waals surface area contributed by atoms with Gasteiger partial charge in [-0.05, 0) is 33.6 Å². The largest absolute Gasteiger partial charge is 0.472 e. The first kappa shape index (κ1) is 14.7. The van der Waals surface area contributed by atoms with Crippen molar-refractivity contribution >= 4 is 5.82 Å². The molecule has 0 unspecified atom stereocenters. The molecule has 0 aromatic carbocycles. The quantitative estimate of drug-likeness (QED) is 0.806. The minimum atomic E-state index is -0.193. The smallest absolute Gasteiger partial charge is 0.219 e. The van der Waals surface area contributed by atoms with Gasteiger partial charge in [0.2, 0.25) is 5.88 Å². The zero-order valence-electron chi connectivity index (χ0n) is 12.2. The van der Waals surface area contributed by atoms with E-state index < -0.39 is 0 Å². The Bertz CT molecular complexity index is 353. The Labute approximate surface area is 110 Å². The SMILES string of the molecule is CCCc1nc(NCC)cc(OC(C)(C)CC)n1. The van der Waals surface area contributed by atoms with Crippen LogP contribution in [0.25, 0.3) is 0 Å². The monoisotopic (exact) mass is 251 g/mol. The number of rotatable bonds is 7. The molecule has 4 nitrogen and oxygen atoms in total. The van der Waals surface area contributed by atoms with Gasteiger partial charge in [-0.1, -0.05) is 13.8 Å². The lowest BCUT2D eigenvalue weighted by atomic mass is 10.1. The van der Waals surface area contributed by atoms with Crippen LogP contribution >= 0.6 is 0 Å². The number of nitrogens with zero attached hydrogens (tertiary/aromatic N) is 2. The molecule has 1 N–H and O–H groups in total. The van der Waals surface area contributed by atoms with E-state index in [2.05, 4.69) is 49.9 Å². The van der Waals surface area contributed by atoms with E-state index in [1.54, 1.807) is 0 Å². The highest BCUT2D eigenvalue weighted by atomic mass is 16.5. The fourth-order valence-corrected chi connectivity index (χ4v) is 1.49. The van der Waals surface area contributed by atoms with Gasteiger partial charge in [0.25, 0.3) is 0 Å². The Morgan fingerprint density at radius 2 is 1.94 bits per heavy atom. The van der Waals surface area contributed by atoms with Gasteiger partial charge in [-0.3, -0.25) is 0 Å². The lowest BCUT2D eigenvalue weighted by Crippen LogP contribution is -2.27. The van der Waals surface area contributed by atoms with Crippen LogP contribution in [0.1, 0.15) is 53.3 Å². The van der Waals surface area contributed by atoms with E-state index in [0.717, 1.165) is 37.4 Å². The van der Waals surface area contributed by atoms with Crippen LogP contribution in [0.4, 0.5) is 5.82 Å². The van der Waals surface area contributed by atoms with E-state index in [1.807, 2.05) is 6.07 Å². The van der Waals surface area contributed by atoms with Gasteiger partial charge in [0.1, 0.15) is 17.2 Å². The number of ether oxygens (including phenoxy) is 1. The molecular weight excluding hydrogens is 226 g/mol. The maximum Gasteiger partial charge on any atom is 0.219 e. The van der Waals surface area contributed by atoms with Gasteiger partial charge in [0.15, 0.2) is 0 Å². The lowest BCUT2D eigenvalue weighted by molar-refractivity contribution is 0.0986. The predicted octanol–water partition coefficient (Wildman–Crippen LogP) is 3.43. The molecule has 102 valence electrons. The molecule has 4 heteroatoms. The summed E-state index contributed by atoms with van der Waals surface area (Å²) in [5.74, 6) is 2.35. The number of hydrogen-bond donors (Lipinski definition) is 1. The standard InChI is InChI=1S/C14H25N3O/c1-6-9-11-16-12(15-8-3)10-13(17-11)18-14(4,5)7-2/h10H,6-9H2,1-5H3,(H,15,16,17). The van der Waals surface area contributed by atoms with Crippen LogP contribution in [0.15, 0.2) is 6.07 Å². The van der Waals surface area contributed by atoms with E-state index in [4.69, 9.17) is 4.74 Å². The van der Waals surface area contributed by atoms with Crippen molar-refractivity contribution in [3.63, 3.8) is 0 Å². The van der Waals surface area contributed by atoms with Gasteiger partial charge >= 0.3 is 0 Å². The summed E-state index contributed by atoms with van der Waals surface area (Å²) in [4.78, 5) is 8.93. The van der Waals surface area contributed by atoms with Crippen LogP contribution in [0.2, 0.25) is 0 Å². The van der Waals surface area contributed by atoms with Gasteiger partial charge in [0, 0.05) is 19.0 Å². The molecule has 0 fully saturated rings. The van der Waals surface area contributed by atoms with Crippen LogP contribution in [0.3, 0.4) is 0 Å². The summed E-state index contributed by atoms with van der Waals surface area (Å²) in [6, 6.07) is 1.88. The first-order valence-electron chi connectivity index (χ1n) is 6.81. The van der Waals surface area contributed by atoms with E-state index in [0.29, 0.717) is 5.88 Å². The third-order valence-electron chi connectivity index (χ3n) is 2.81. The van der Waals surface area contributed by atoms with Crippen LogP contribution < -0.4 is 10.1 Å². The van der Waals surface area contributed by atoms with Crippen molar-refractivity contribution < 1.29 is 4.74 Å². The van der Waals surface area contributed by atoms with E-state index >= 15 is 0 Å². The Kier molecular flexibility index (Phi) is 5.38. The van der Waals surface area contributed by atoms with Crippen LogP contribution in [0.5, 0.6) is 5.88 Å². The highest BCUT2D eigenvalue weighted by molar-refractivity contribution is 5.38. The molecule has 1 aromatic rings. The molecule has 0 bridgehead atoms. The van der Waals surface area contributed by atoms with Crippen molar-refractivity contribution in [1.29, 1.82) is 0 Å². The first-order valence-corrected chi connectivity index (χ1v) is 6.81. The maximum atomic E-state index is 5.93. The summed E-state index contributed by atoms with van der Waals surface area (Å²) >= 11 is 0. The van der Waals surface area contributed by atoms with Gasteiger partial charge in [0.05, 0.1) is 0 Å². The normalized spacial score (nSPS) is 11.4. The summed E-state index contributed by atoms with van der Waals surface area (Å²) in [6.07, 6.45) is 2.85. The number of anilines is 1. The van der Waals surface area contributed by atoms with Gasteiger partial charge in [-0.2, -0.15) is 4.98 Å². The number of nitrogens with one attached hydrogen (secondary N) is 1. The Balaban J connectivity index is 2.95. The van der Waals surface area contributed by atoms with Crippen molar-refractivity contribution in [2.75, 3.05) is 11.9 Å². The second-order valence-corrected chi connectivity index (χ2v) is 5.00. The summed E-state index contributed by atoms with van der Waals surface area (Å²) in [6.45, 7) is 11.3. The molecule has 0 aliphatic heterocycles. The van der Waals surface area contributed by atoms with Crippen molar-refractivity contribution in [3.8, 4) is 5.88 Å². The summed E-state index contributed by atoms with van der Waals surface area (Å²) in [7, 11) is 0. The third kappa shape index (κ3) is 4.51. The molecule has 0 aliphatic carbocycles.